The number of amides is 1. The van der Waals surface area contributed by atoms with Crippen LogP contribution < -0.4 is 10.2 Å². The van der Waals surface area contributed by atoms with Gasteiger partial charge in [0, 0.05) is 37.8 Å². The van der Waals surface area contributed by atoms with Crippen molar-refractivity contribution in [1.82, 2.24) is 10.2 Å². The normalized spacial score (nSPS) is 21.1. The van der Waals surface area contributed by atoms with Gasteiger partial charge in [-0.25, -0.2) is 4.39 Å². The molecule has 0 unspecified atom stereocenters. The van der Waals surface area contributed by atoms with Crippen molar-refractivity contribution in [1.29, 1.82) is 5.26 Å². The maximum Gasteiger partial charge on any atom is 0.251 e. The third-order valence-corrected chi connectivity index (χ3v) is 4.23. The molecule has 122 valence electrons. The Bertz CT molecular complexity index is 625. The fourth-order valence-corrected chi connectivity index (χ4v) is 2.95. The van der Waals surface area contributed by atoms with E-state index in [1.165, 1.54) is 6.07 Å². The van der Waals surface area contributed by atoms with Crippen molar-refractivity contribution in [2.24, 2.45) is 0 Å². The largest absolute Gasteiger partial charge is 0.378 e. The summed E-state index contributed by atoms with van der Waals surface area (Å²) >= 11 is 0. The topological polar surface area (TPSA) is 68.6 Å². The van der Waals surface area contributed by atoms with Gasteiger partial charge in [0.05, 0.1) is 18.9 Å². The van der Waals surface area contributed by atoms with Crippen molar-refractivity contribution in [3.8, 4) is 6.19 Å². The molecule has 0 aliphatic carbocycles. The molecule has 2 aliphatic rings. The number of benzene rings is 1. The number of anilines is 1. The summed E-state index contributed by atoms with van der Waals surface area (Å²) in [4.78, 5) is 15.7. The lowest BCUT2D eigenvalue weighted by atomic mass is 10.1. The maximum atomic E-state index is 14.3. The number of ether oxygens (including phenoxy) is 1. The van der Waals surface area contributed by atoms with Crippen LogP contribution in [0.3, 0.4) is 0 Å². The molecule has 1 aromatic carbocycles. The van der Waals surface area contributed by atoms with Crippen LogP contribution >= 0.6 is 0 Å². The number of hydrogen-bond donors (Lipinski definition) is 1. The smallest absolute Gasteiger partial charge is 0.251 e. The molecule has 23 heavy (non-hydrogen) atoms. The summed E-state index contributed by atoms with van der Waals surface area (Å²) < 4.78 is 19.6. The number of nitrogens with zero attached hydrogens (tertiary/aromatic N) is 3. The van der Waals surface area contributed by atoms with Crippen LogP contribution in [-0.2, 0) is 4.74 Å². The van der Waals surface area contributed by atoms with E-state index in [1.54, 1.807) is 17.0 Å². The average Bonchev–Trinajstić information content (AvgIpc) is 3.03. The lowest BCUT2D eigenvalue weighted by molar-refractivity contribution is 0.0938. The Kier molecular flexibility index (Phi) is 4.63. The van der Waals surface area contributed by atoms with Gasteiger partial charge in [-0.3, -0.25) is 4.79 Å². The summed E-state index contributed by atoms with van der Waals surface area (Å²) in [5, 5.41) is 11.7. The van der Waals surface area contributed by atoms with Gasteiger partial charge in [0.2, 0.25) is 0 Å². The molecule has 1 aromatic rings. The standard InChI is InChI=1S/C16H19FN4O2/c17-14-9-12(1-2-15(14)21-5-7-23-8-6-21)16(22)19-13-3-4-20(10-13)11-18/h1-2,9,13H,3-8,10H2,(H,19,22)/t13-/m1/s1. The van der Waals surface area contributed by atoms with E-state index >= 15 is 0 Å². The van der Waals surface area contributed by atoms with E-state index in [0.717, 1.165) is 6.42 Å². The van der Waals surface area contributed by atoms with Gasteiger partial charge in [-0.2, -0.15) is 5.26 Å². The molecule has 6 nitrogen and oxygen atoms in total. The first-order valence-corrected chi connectivity index (χ1v) is 7.75. The van der Waals surface area contributed by atoms with E-state index < -0.39 is 5.82 Å². The highest BCUT2D eigenvalue weighted by atomic mass is 19.1. The van der Waals surface area contributed by atoms with Crippen LogP contribution in [0.25, 0.3) is 0 Å². The lowest BCUT2D eigenvalue weighted by Gasteiger charge is -2.29. The van der Waals surface area contributed by atoms with E-state index in [9.17, 15) is 9.18 Å². The van der Waals surface area contributed by atoms with Crippen molar-refractivity contribution in [2.45, 2.75) is 12.5 Å². The van der Waals surface area contributed by atoms with Gasteiger partial charge >= 0.3 is 0 Å². The van der Waals surface area contributed by atoms with Crippen molar-refractivity contribution in [3.05, 3.63) is 29.6 Å². The number of morpholine rings is 1. The molecule has 2 fully saturated rings. The van der Waals surface area contributed by atoms with E-state index in [4.69, 9.17) is 10.00 Å². The Morgan fingerprint density at radius 2 is 2.13 bits per heavy atom. The molecule has 2 saturated heterocycles. The Hall–Kier alpha value is -2.33. The first kappa shape index (κ1) is 15.6. The van der Waals surface area contributed by atoms with Crippen LogP contribution in [0.2, 0.25) is 0 Å². The molecular formula is C16H19FN4O2. The van der Waals surface area contributed by atoms with Gasteiger partial charge in [0.15, 0.2) is 6.19 Å². The second kappa shape index (κ2) is 6.84. The first-order chi connectivity index (χ1) is 11.2. The van der Waals surface area contributed by atoms with Gasteiger partial charge in [0.1, 0.15) is 5.82 Å². The van der Waals surface area contributed by atoms with Crippen LogP contribution in [0.5, 0.6) is 0 Å². The molecular weight excluding hydrogens is 299 g/mol. The summed E-state index contributed by atoms with van der Waals surface area (Å²) in [6.45, 7) is 3.61. The number of rotatable bonds is 3. The molecule has 2 aliphatic heterocycles. The number of nitriles is 1. The minimum Gasteiger partial charge on any atom is -0.378 e. The molecule has 0 spiro atoms. The van der Waals surface area contributed by atoms with Crippen LogP contribution in [0.1, 0.15) is 16.8 Å². The number of nitrogens with one attached hydrogen (secondary N) is 1. The van der Waals surface area contributed by atoms with Crippen LogP contribution in [-0.4, -0.2) is 56.2 Å². The monoisotopic (exact) mass is 318 g/mol. The van der Waals surface area contributed by atoms with Gasteiger partial charge in [-0.15, -0.1) is 0 Å². The molecule has 1 amide bonds. The van der Waals surface area contributed by atoms with E-state index in [1.807, 2.05) is 4.90 Å². The zero-order chi connectivity index (χ0) is 16.2. The predicted molar refractivity (Wildman–Crippen MR) is 82.5 cm³/mol. The Labute approximate surface area is 134 Å². The van der Waals surface area contributed by atoms with E-state index in [-0.39, 0.29) is 11.9 Å². The zero-order valence-electron chi connectivity index (χ0n) is 12.8. The van der Waals surface area contributed by atoms with Crippen LogP contribution in [0.4, 0.5) is 10.1 Å². The maximum absolute atomic E-state index is 14.3. The fraction of sp³-hybridized carbons (Fsp3) is 0.500. The fourth-order valence-electron chi connectivity index (χ4n) is 2.95. The first-order valence-electron chi connectivity index (χ1n) is 7.75. The molecule has 1 N–H and O–H groups in total. The van der Waals surface area contributed by atoms with Gasteiger partial charge in [-0.1, -0.05) is 0 Å². The Balaban J connectivity index is 1.65. The van der Waals surface area contributed by atoms with E-state index in [2.05, 4.69) is 11.5 Å². The van der Waals surface area contributed by atoms with Crippen molar-refractivity contribution in [3.63, 3.8) is 0 Å². The molecule has 0 bridgehead atoms. The van der Waals surface area contributed by atoms with E-state index in [0.29, 0.717) is 50.6 Å². The summed E-state index contributed by atoms with van der Waals surface area (Å²) in [5.41, 5.74) is 0.802. The number of halogens is 1. The highest BCUT2D eigenvalue weighted by Gasteiger charge is 2.24. The number of hydrogen-bond acceptors (Lipinski definition) is 5. The van der Waals surface area contributed by atoms with Crippen molar-refractivity contribution >= 4 is 11.6 Å². The number of likely N-dealkylation sites (tertiary alicyclic amines) is 1. The average molecular weight is 318 g/mol. The Morgan fingerprint density at radius 3 is 2.78 bits per heavy atom. The highest BCUT2D eigenvalue weighted by molar-refractivity contribution is 5.94. The second-order valence-corrected chi connectivity index (χ2v) is 5.77. The molecule has 0 aromatic heterocycles. The molecule has 3 rings (SSSR count). The number of carbonyl (C=O) groups is 1. The minimum absolute atomic E-state index is 0.0656. The summed E-state index contributed by atoms with van der Waals surface area (Å²) in [7, 11) is 0. The summed E-state index contributed by atoms with van der Waals surface area (Å²) in [6.07, 6.45) is 2.80. The SMILES string of the molecule is N#CN1CC[C@@H](NC(=O)c2ccc(N3CCOCC3)c(F)c2)C1. The van der Waals surface area contributed by atoms with Crippen LogP contribution in [0, 0.1) is 17.3 Å². The van der Waals surface area contributed by atoms with Gasteiger partial charge < -0.3 is 19.9 Å². The van der Waals surface area contributed by atoms with Crippen molar-refractivity contribution in [2.75, 3.05) is 44.3 Å². The summed E-state index contributed by atoms with van der Waals surface area (Å²) in [6, 6.07) is 4.49. The third kappa shape index (κ3) is 3.54. The minimum atomic E-state index is -0.398. The molecule has 2 heterocycles. The Morgan fingerprint density at radius 1 is 1.35 bits per heavy atom. The van der Waals surface area contributed by atoms with Gasteiger partial charge in [-0.05, 0) is 24.6 Å². The zero-order valence-corrected chi connectivity index (χ0v) is 12.8. The van der Waals surface area contributed by atoms with Crippen molar-refractivity contribution < 1.29 is 13.9 Å². The lowest BCUT2D eigenvalue weighted by Crippen LogP contribution is -2.37. The second-order valence-electron chi connectivity index (χ2n) is 5.77. The third-order valence-electron chi connectivity index (χ3n) is 4.23. The summed E-state index contributed by atoms with van der Waals surface area (Å²) in [5.74, 6) is -0.702. The molecule has 7 heteroatoms. The number of carbonyl (C=O) groups excluding carboxylic acids is 1. The molecule has 0 radical (unpaired) electrons. The molecule has 0 saturated carbocycles. The van der Waals surface area contributed by atoms with Gasteiger partial charge in [0.25, 0.3) is 5.91 Å². The van der Waals surface area contributed by atoms with Crippen LogP contribution in [0.15, 0.2) is 18.2 Å². The molecule has 1 atom stereocenters. The predicted octanol–water partition coefficient (Wildman–Crippen LogP) is 0.947. The quantitative estimate of drug-likeness (QED) is 0.840. The highest BCUT2D eigenvalue weighted by Crippen LogP contribution is 2.22.